The molecule has 10 aromatic rings. The number of rotatable bonds is 4. The SMILES string of the molecule is CC1(C)c2ccccc2-c2ccc(-n3c4ccccc4c4ccc5c6cccc(-c7nc(-c8ccccc8)nc(-c8ccccc8)n7)c6sc5c43)cc21. The van der Waals surface area contributed by atoms with Crippen LogP contribution in [0, 0.1) is 0 Å². The summed E-state index contributed by atoms with van der Waals surface area (Å²) in [7, 11) is 0. The first kappa shape index (κ1) is 30.2. The van der Waals surface area contributed by atoms with Gasteiger partial charge in [0.25, 0.3) is 0 Å². The normalized spacial score (nSPS) is 13.2. The van der Waals surface area contributed by atoms with Crippen LogP contribution in [0.2, 0.25) is 0 Å². The van der Waals surface area contributed by atoms with E-state index in [1.165, 1.54) is 69.9 Å². The number of thiophene rings is 1. The highest BCUT2D eigenvalue weighted by molar-refractivity contribution is 7.27. The molecule has 0 bridgehead atoms. The number of para-hydroxylation sites is 1. The number of nitrogens with zero attached hydrogens (tertiary/aromatic N) is 4. The van der Waals surface area contributed by atoms with E-state index in [0.29, 0.717) is 17.5 Å². The fraction of sp³-hybridized carbons (Fsp3) is 0.0625. The average molecular weight is 697 g/mol. The van der Waals surface area contributed by atoms with Crippen LogP contribution in [-0.2, 0) is 5.41 Å². The minimum absolute atomic E-state index is 0.0930. The molecule has 53 heavy (non-hydrogen) atoms. The standard InChI is InChI=1S/C48H32N4S/c1-48(2)39-22-11-9-18-32(39)33-25-24-31(28-40(33)48)52-41-23-12-10-19-34(41)35-26-27-37-36-20-13-21-38(43(36)53-44(37)42(35)52)47-50-45(29-14-5-3-6-15-29)49-46(51-47)30-16-7-4-8-17-30/h3-28H,1-2H3. The Kier molecular flexibility index (Phi) is 6.43. The Morgan fingerprint density at radius 2 is 1.04 bits per heavy atom. The lowest BCUT2D eigenvalue weighted by Crippen LogP contribution is -2.15. The first-order chi connectivity index (χ1) is 26.0. The third-order valence-electron chi connectivity index (χ3n) is 11.1. The number of benzene rings is 7. The van der Waals surface area contributed by atoms with Crippen molar-refractivity contribution >= 4 is 53.3 Å². The summed E-state index contributed by atoms with van der Waals surface area (Å²) in [5.74, 6) is 2.00. The van der Waals surface area contributed by atoms with Crippen molar-refractivity contribution < 1.29 is 0 Å². The summed E-state index contributed by atoms with van der Waals surface area (Å²) in [6, 6.07) is 56.3. The highest BCUT2D eigenvalue weighted by atomic mass is 32.1. The zero-order chi connectivity index (χ0) is 35.3. The number of fused-ring (bicyclic) bond motifs is 10. The summed E-state index contributed by atoms with van der Waals surface area (Å²) in [5, 5.41) is 4.94. The van der Waals surface area contributed by atoms with Crippen molar-refractivity contribution in [3.8, 4) is 51.0 Å². The van der Waals surface area contributed by atoms with Crippen molar-refractivity contribution in [2.24, 2.45) is 0 Å². The maximum Gasteiger partial charge on any atom is 0.165 e. The van der Waals surface area contributed by atoms with Crippen LogP contribution in [0.1, 0.15) is 25.0 Å². The maximum absolute atomic E-state index is 5.13. The van der Waals surface area contributed by atoms with Gasteiger partial charge in [-0.2, -0.15) is 0 Å². The quantitative estimate of drug-likeness (QED) is 0.184. The molecule has 0 aliphatic heterocycles. The summed E-state index contributed by atoms with van der Waals surface area (Å²) in [5.41, 5.74) is 11.9. The Bertz CT molecular complexity index is 3020. The van der Waals surface area contributed by atoms with Gasteiger partial charge in [-0.15, -0.1) is 11.3 Å². The number of hydrogen-bond donors (Lipinski definition) is 0. The van der Waals surface area contributed by atoms with Gasteiger partial charge in [-0.3, -0.25) is 0 Å². The highest BCUT2D eigenvalue weighted by Gasteiger charge is 2.35. The molecule has 5 heteroatoms. The van der Waals surface area contributed by atoms with Crippen LogP contribution in [0.4, 0.5) is 0 Å². The van der Waals surface area contributed by atoms with Gasteiger partial charge in [-0.1, -0.05) is 147 Å². The molecule has 0 spiro atoms. The zero-order valence-corrected chi connectivity index (χ0v) is 30.0. The van der Waals surface area contributed by atoms with Crippen molar-refractivity contribution in [1.29, 1.82) is 0 Å². The molecule has 0 fully saturated rings. The van der Waals surface area contributed by atoms with Crippen molar-refractivity contribution in [1.82, 2.24) is 19.5 Å². The van der Waals surface area contributed by atoms with E-state index in [1.54, 1.807) is 0 Å². The molecule has 0 saturated heterocycles. The zero-order valence-electron chi connectivity index (χ0n) is 29.2. The van der Waals surface area contributed by atoms with Crippen LogP contribution in [0.5, 0.6) is 0 Å². The van der Waals surface area contributed by atoms with E-state index in [4.69, 9.17) is 15.0 Å². The summed E-state index contributed by atoms with van der Waals surface area (Å²) < 4.78 is 4.91. The van der Waals surface area contributed by atoms with E-state index in [2.05, 4.69) is 140 Å². The summed E-state index contributed by atoms with van der Waals surface area (Å²) in [6.45, 7) is 4.71. The lowest BCUT2D eigenvalue weighted by atomic mass is 9.82. The van der Waals surface area contributed by atoms with Gasteiger partial charge in [0.2, 0.25) is 0 Å². The Hall–Kier alpha value is -6.43. The van der Waals surface area contributed by atoms with Gasteiger partial charge in [-0.25, -0.2) is 15.0 Å². The predicted octanol–water partition coefficient (Wildman–Crippen LogP) is 12.6. The fourth-order valence-electron chi connectivity index (χ4n) is 8.51. The monoisotopic (exact) mass is 696 g/mol. The predicted molar refractivity (Wildman–Crippen MR) is 221 cm³/mol. The molecule has 3 heterocycles. The van der Waals surface area contributed by atoms with Crippen LogP contribution < -0.4 is 0 Å². The van der Waals surface area contributed by atoms with E-state index in [1.807, 2.05) is 47.7 Å². The van der Waals surface area contributed by atoms with Crippen LogP contribution in [-0.4, -0.2) is 19.5 Å². The third-order valence-corrected chi connectivity index (χ3v) is 12.3. The van der Waals surface area contributed by atoms with Crippen LogP contribution in [0.25, 0.3) is 93.0 Å². The number of hydrogen-bond acceptors (Lipinski definition) is 4. The summed E-state index contributed by atoms with van der Waals surface area (Å²) >= 11 is 1.83. The molecule has 0 N–H and O–H groups in total. The molecular formula is C48H32N4S. The van der Waals surface area contributed by atoms with E-state index in [0.717, 1.165) is 16.7 Å². The molecule has 0 atom stereocenters. The topological polar surface area (TPSA) is 43.6 Å². The van der Waals surface area contributed by atoms with Crippen molar-refractivity contribution in [2.45, 2.75) is 19.3 Å². The Balaban J connectivity index is 1.18. The highest BCUT2D eigenvalue weighted by Crippen LogP contribution is 2.50. The molecule has 11 rings (SSSR count). The first-order valence-corrected chi connectivity index (χ1v) is 18.9. The third kappa shape index (κ3) is 4.44. The van der Waals surface area contributed by atoms with Gasteiger partial charge >= 0.3 is 0 Å². The number of aromatic nitrogens is 4. The average Bonchev–Trinajstić information content (AvgIpc) is 3.84. The van der Waals surface area contributed by atoms with E-state index < -0.39 is 0 Å². The molecular weight excluding hydrogens is 665 g/mol. The molecule has 0 unspecified atom stereocenters. The van der Waals surface area contributed by atoms with E-state index in [-0.39, 0.29) is 5.41 Å². The van der Waals surface area contributed by atoms with Crippen molar-refractivity contribution in [3.63, 3.8) is 0 Å². The van der Waals surface area contributed by atoms with Crippen LogP contribution in [0.15, 0.2) is 158 Å². The molecule has 0 amide bonds. The van der Waals surface area contributed by atoms with Crippen LogP contribution >= 0.6 is 11.3 Å². The Morgan fingerprint density at radius 1 is 0.453 bits per heavy atom. The molecule has 1 aliphatic rings. The maximum atomic E-state index is 5.13. The minimum Gasteiger partial charge on any atom is -0.308 e. The molecule has 1 aliphatic carbocycles. The molecule has 3 aromatic heterocycles. The molecule has 7 aromatic carbocycles. The fourth-order valence-corrected chi connectivity index (χ4v) is 9.86. The Labute approximate surface area is 310 Å². The van der Waals surface area contributed by atoms with E-state index >= 15 is 0 Å². The largest absolute Gasteiger partial charge is 0.308 e. The van der Waals surface area contributed by atoms with Crippen molar-refractivity contribution in [2.75, 3.05) is 0 Å². The lowest BCUT2D eigenvalue weighted by molar-refractivity contribution is 0.660. The first-order valence-electron chi connectivity index (χ1n) is 18.0. The van der Waals surface area contributed by atoms with Crippen LogP contribution in [0.3, 0.4) is 0 Å². The second kappa shape index (κ2) is 11.3. The summed E-state index contributed by atoms with van der Waals surface area (Å²) in [6.07, 6.45) is 0. The summed E-state index contributed by atoms with van der Waals surface area (Å²) in [4.78, 5) is 15.2. The van der Waals surface area contributed by atoms with Gasteiger partial charge in [0.05, 0.1) is 15.7 Å². The second-order valence-corrected chi connectivity index (χ2v) is 15.4. The van der Waals surface area contributed by atoms with Gasteiger partial charge in [0, 0.05) is 54.0 Å². The van der Waals surface area contributed by atoms with Gasteiger partial charge in [0.15, 0.2) is 17.5 Å². The van der Waals surface area contributed by atoms with Crippen molar-refractivity contribution in [3.05, 3.63) is 169 Å². The molecule has 0 saturated carbocycles. The lowest BCUT2D eigenvalue weighted by Gasteiger charge is -2.22. The minimum atomic E-state index is -0.0930. The molecule has 4 nitrogen and oxygen atoms in total. The van der Waals surface area contributed by atoms with E-state index in [9.17, 15) is 0 Å². The van der Waals surface area contributed by atoms with Gasteiger partial charge < -0.3 is 4.57 Å². The Morgan fingerprint density at radius 3 is 1.81 bits per heavy atom. The molecule has 0 radical (unpaired) electrons. The second-order valence-electron chi connectivity index (χ2n) is 14.4. The van der Waals surface area contributed by atoms with Gasteiger partial charge in [0.1, 0.15) is 0 Å². The molecule has 250 valence electrons. The van der Waals surface area contributed by atoms with Gasteiger partial charge in [-0.05, 0) is 46.5 Å². The smallest absolute Gasteiger partial charge is 0.165 e.